The van der Waals surface area contributed by atoms with E-state index in [1.165, 1.54) is 23.3 Å². The number of carboxylic acid groups (broad SMARTS) is 1. The second-order valence-electron chi connectivity index (χ2n) is 23.3. The maximum atomic E-state index is 13.9. The Labute approximate surface area is 638 Å². The molecule has 0 saturated carbocycles. The quantitative estimate of drug-likeness (QED) is 0.0384. The molecule has 3 heterocycles. The first-order valence-corrected chi connectivity index (χ1v) is 34.4. The second kappa shape index (κ2) is 39.1. The van der Waals surface area contributed by atoms with E-state index in [-0.39, 0.29) is 45.7 Å². The number of alkyl halides is 6. The first-order chi connectivity index (χ1) is 50.1. The molecule has 24 heteroatoms. The van der Waals surface area contributed by atoms with Gasteiger partial charge in [0.2, 0.25) is 20.4 Å². The number of halogens is 8. The maximum absolute atomic E-state index is 13.9. The van der Waals surface area contributed by atoms with Gasteiger partial charge in [-0.1, -0.05) is 203 Å². The summed E-state index contributed by atoms with van der Waals surface area (Å²) in [5.41, 5.74) is 7.52. The molecule has 4 N–H and O–H groups in total. The van der Waals surface area contributed by atoms with Gasteiger partial charge in [-0.15, -0.1) is 0 Å². The molecule has 0 aromatic heterocycles. The number of ether oxygens (including phenoxy) is 6. The zero-order chi connectivity index (χ0) is 73.6. The maximum Gasteiger partial charge on any atom is 0.488 e. The van der Waals surface area contributed by atoms with Crippen LogP contribution < -0.4 is 39.2 Å². The van der Waals surface area contributed by atoms with Gasteiger partial charge in [0.05, 0.1) is 22.3 Å². The molecule has 0 unspecified atom stereocenters. The van der Waals surface area contributed by atoms with Gasteiger partial charge in [0, 0.05) is 52.0 Å². The van der Waals surface area contributed by atoms with E-state index in [0.29, 0.717) is 66.7 Å². The molecular weight excluding hydrogens is 1600 g/mol. The minimum Gasteiger partial charge on any atom is -0.478 e. The number of rotatable bonds is 17. The van der Waals surface area contributed by atoms with Crippen molar-refractivity contribution < 1.29 is 84.3 Å². The highest BCUT2D eigenvalue weighted by Gasteiger charge is 2.32. The lowest BCUT2D eigenvalue weighted by molar-refractivity contribution is -0.138. The minimum absolute atomic E-state index is 0. The predicted molar refractivity (Wildman–Crippen MR) is 412 cm³/mol. The molecule has 3 aliphatic heterocycles. The lowest BCUT2D eigenvalue weighted by Crippen LogP contribution is -2.30. The summed E-state index contributed by atoms with van der Waals surface area (Å²) in [6.07, 6.45) is -8.82. The number of carbonyl (C=O) groups is 3. The molecule has 14 rings (SSSR count). The summed E-state index contributed by atoms with van der Waals surface area (Å²) in [6, 6.07) is 77.5. The first kappa shape index (κ1) is 81.3. The van der Waals surface area contributed by atoms with E-state index in [4.69, 9.17) is 43.6 Å². The van der Waals surface area contributed by atoms with Crippen LogP contribution in [-0.4, -0.2) is 70.2 Å². The van der Waals surface area contributed by atoms with E-state index in [0.717, 1.165) is 107 Å². The third kappa shape index (κ3) is 23.3. The Bertz CT molecular complexity index is 4670. The molecule has 2 amide bonds. The molecular formula is C82H74BF6I2N3O12. The van der Waals surface area contributed by atoms with Crippen LogP contribution in [0.5, 0.6) is 34.5 Å². The van der Waals surface area contributed by atoms with Crippen LogP contribution in [0.25, 0.3) is 11.1 Å². The number of hydrogen-bond acceptors (Lipinski definition) is 12. The van der Waals surface area contributed by atoms with Crippen molar-refractivity contribution >= 4 is 75.5 Å². The molecule has 15 nitrogen and oxygen atoms in total. The van der Waals surface area contributed by atoms with Crippen LogP contribution in [0.1, 0.15) is 90.4 Å². The highest BCUT2D eigenvalue weighted by Crippen LogP contribution is 2.37. The summed E-state index contributed by atoms with van der Waals surface area (Å²) >= 11 is 4.21. The Morgan fingerprint density at radius 2 is 0.726 bits per heavy atom. The average Bonchev–Trinajstić information content (AvgIpc) is 1.05. The first-order valence-electron chi connectivity index (χ1n) is 32.2. The third-order valence-electron chi connectivity index (χ3n) is 16.0. The van der Waals surface area contributed by atoms with Gasteiger partial charge in [0.25, 0.3) is 11.8 Å². The Balaban J connectivity index is 0.000000179. The number of amides is 2. The van der Waals surface area contributed by atoms with Crippen LogP contribution in [0.3, 0.4) is 0 Å². The number of carboxylic acids is 1. The molecule has 0 atom stereocenters. The normalized spacial score (nSPS) is 11.7. The second-order valence-corrected chi connectivity index (χ2v) is 25.6. The van der Waals surface area contributed by atoms with E-state index < -0.39 is 36.6 Å². The van der Waals surface area contributed by atoms with Gasteiger partial charge in [-0.05, 0) is 174 Å². The van der Waals surface area contributed by atoms with Gasteiger partial charge in [-0.25, -0.2) is 4.79 Å². The molecule has 0 radical (unpaired) electrons. The molecule has 3 aliphatic rings. The van der Waals surface area contributed by atoms with Gasteiger partial charge in [0.1, 0.15) is 0 Å². The third-order valence-corrected chi connectivity index (χ3v) is 17.9. The fourth-order valence-corrected chi connectivity index (χ4v) is 12.0. The number of hydrogen-bond donors (Lipinski definition) is 4. The zero-order valence-corrected chi connectivity index (χ0v) is 59.6. The largest absolute Gasteiger partial charge is 0.488 e. The van der Waals surface area contributed by atoms with Gasteiger partial charge in [-0.2, -0.15) is 26.3 Å². The van der Waals surface area contributed by atoms with Crippen molar-refractivity contribution in [2.45, 2.75) is 66.5 Å². The van der Waals surface area contributed by atoms with Gasteiger partial charge in [-0.3, -0.25) is 9.59 Å². The van der Waals surface area contributed by atoms with Crippen LogP contribution in [0, 0.1) is 7.14 Å². The summed E-state index contributed by atoms with van der Waals surface area (Å²) in [6.45, 7) is 4.13. The molecule has 106 heavy (non-hydrogen) atoms. The number of fused-ring (bicyclic) bond motifs is 3. The topological polar surface area (TPSA) is 186 Å². The monoisotopic (exact) mass is 1670 g/mol. The van der Waals surface area contributed by atoms with Gasteiger partial charge < -0.3 is 58.7 Å². The smallest absolute Gasteiger partial charge is 0.478 e. The number of benzene rings is 11. The fraction of sp³-hybridized carbons (Fsp3) is 0.159. The van der Waals surface area contributed by atoms with E-state index >= 15 is 0 Å². The minimum atomic E-state index is -4.43. The lowest BCUT2D eigenvalue weighted by atomic mass is 9.80. The van der Waals surface area contributed by atoms with Gasteiger partial charge in [0.15, 0.2) is 34.5 Å². The zero-order valence-electron chi connectivity index (χ0n) is 55.3. The van der Waals surface area contributed by atoms with Crippen molar-refractivity contribution in [2.24, 2.45) is 0 Å². The summed E-state index contributed by atoms with van der Waals surface area (Å²) in [5.74, 6) is 3.36. The van der Waals surface area contributed by atoms with E-state index in [2.05, 4.69) is 58.2 Å². The summed E-state index contributed by atoms with van der Waals surface area (Å²) in [7, 11) is -1.73. The molecule has 11 aromatic rings. The molecule has 0 saturated heterocycles. The molecule has 548 valence electrons. The van der Waals surface area contributed by atoms with Gasteiger partial charge >= 0.3 is 25.4 Å². The summed E-state index contributed by atoms with van der Waals surface area (Å²) in [5, 5.41) is 29.2. The Kier molecular flexibility index (Phi) is 30.0. The summed E-state index contributed by atoms with van der Waals surface area (Å²) in [4.78, 5) is 41.2. The number of nitrogens with one attached hydrogen (secondary N) is 1. The lowest BCUT2D eigenvalue weighted by Gasteiger charge is -2.25. The summed E-state index contributed by atoms with van der Waals surface area (Å²) < 4.78 is 109. The highest BCUT2D eigenvalue weighted by atomic mass is 127. The van der Waals surface area contributed by atoms with Crippen molar-refractivity contribution in [3.8, 4) is 45.6 Å². The molecule has 0 spiro atoms. The fourth-order valence-electron chi connectivity index (χ4n) is 10.7. The van der Waals surface area contributed by atoms with Crippen molar-refractivity contribution in [3.05, 3.63) is 335 Å². The SMILES string of the molecule is C.C.O=C(O)c1ccccc1I.O=C(c1ccccc1-c1ccc(C(F)(F)F)cc1)N(Cc1ccccc1)Cc1ccc2c(c1)OCO2.O=C(c1ccccc1I)N(Cc1ccccc1)Cc1ccc2c(c1)OCO2.OB(O)c1ccc(C(F)(F)F)cc1.c1ccc(CNCc2ccc3c(c2)OCO3)cc1. The molecule has 0 fully saturated rings. The van der Waals surface area contributed by atoms with E-state index in [9.17, 15) is 40.7 Å². The van der Waals surface area contributed by atoms with E-state index in [1.807, 2.05) is 173 Å². The number of carbonyl (C=O) groups excluding carboxylic acids is 2. The van der Waals surface area contributed by atoms with Crippen LogP contribution in [-0.2, 0) is 51.6 Å². The van der Waals surface area contributed by atoms with Crippen molar-refractivity contribution in [1.29, 1.82) is 0 Å². The Morgan fingerprint density at radius 1 is 0.387 bits per heavy atom. The van der Waals surface area contributed by atoms with Crippen LogP contribution in [0.15, 0.2) is 267 Å². The number of aromatic carboxylic acids is 1. The van der Waals surface area contributed by atoms with Crippen LogP contribution >= 0.6 is 45.2 Å². The van der Waals surface area contributed by atoms with Crippen molar-refractivity contribution in [1.82, 2.24) is 15.1 Å². The van der Waals surface area contributed by atoms with Crippen LogP contribution in [0.4, 0.5) is 26.3 Å². The predicted octanol–water partition coefficient (Wildman–Crippen LogP) is 18.2. The Hall–Kier alpha value is -10.4. The van der Waals surface area contributed by atoms with E-state index in [1.54, 1.807) is 47.4 Å². The van der Waals surface area contributed by atoms with Crippen molar-refractivity contribution in [3.63, 3.8) is 0 Å². The number of nitrogens with zero attached hydrogens (tertiary/aromatic N) is 2. The molecule has 11 aromatic carbocycles. The van der Waals surface area contributed by atoms with Crippen molar-refractivity contribution in [2.75, 3.05) is 20.4 Å². The molecule has 0 bridgehead atoms. The highest BCUT2D eigenvalue weighted by molar-refractivity contribution is 14.1. The Morgan fingerprint density at radius 3 is 1.14 bits per heavy atom. The van der Waals surface area contributed by atoms with Crippen LogP contribution in [0.2, 0.25) is 0 Å². The average molecular weight is 1670 g/mol. The molecule has 0 aliphatic carbocycles. The standard InChI is InChI=1S/C29H22F3NO3.C22H18INO3.C15H15NO2.C7H6BF3O2.C7H5IO2.2CH4/c30-29(31,32)23-13-11-22(12-14-23)24-8-4-5-9-25(24)28(34)33(17-20-6-2-1-3-7-20)18-21-10-15-26-27(16-21)36-19-35-26;23-19-9-5-4-8-18(19)22(25)24(13-16-6-2-1-3-7-16)14-17-10-11-20-21(12-17)27-15-26-20;1-2-4-12(5-3-1)9-16-10-13-6-7-14-15(8-13)18-11-17-14;9-7(10,11)5-1-3-6(4-2-5)8(12)13;8-6-4-2-1-3-5(6)7(9)10;;/h1-16H,17-19H2;1-12H,13-15H2;1-8,16H,9-11H2;1-4,12-13H;1-4H,(H,9,10);2*1H4.